The van der Waals surface area contributed by atoms with E-state index in [1.165, 1.54) is 28.7 Å². The van der Waals surface area contributed by atoms with Crippen LogP contribution < -0.4 is 5.32 Å². The van der Waals surface area contributed by atoms with Gasteiger partial charge in [-0.3, -0.25) is 10.1 Å². The Bertz CT molecular complexity index is 906. The summed E-state index contributed by atoms with van der Waals surface area (Å²) in [6, 6.07) is 15.5. The van der Waals surface area contributed by atoms with Gasteiger partial charge < -0.3 is 0 Å². The Morgan fingerprint density at radius 2 is 1.89 bits per heavy atom. The number of hydrogen-bond donors (Lipinski definition) is 1. The number of halogens is 2. The molecule has 0 fully saturated rings. The molecule has 1 aromatic heterocycles. The molecule has 140 valence electrons. The van der Waals surface area contributed by atoms with Gasteiger partial charge in [-0.2, -0.15) is 0 Å². The molecule has 3 aromatic rings. The molecule has 1 heterocycles. The first-order valence-corrected chi connectivity index (χ1v) is 11.6. The van der Waals surface area contributed by atoms with Crippen LogP contribution in [0, 0.1) is 0 Å². The number of thioether (sulfide) groups is 2. The van der Waals surface area contributed by atoms with Crippen LogP contribution in [0.5, 0.6) is 0 Å². The molecular weight excluding hydrogens is 441 g/mol. The summed E-state index contributed by atoms with van der Waals surface area (Å²) in [4.78, 5) is 12.1. The minimum atomic E-state index is -0.110. The second kappa shape index (κ2) is 10.3. The Hall–Kier alpha value is -1.25. The van der Waals surface area contributed by atoms with Gasteiger partial charge in [0.1, 0.15) is 0 Å². The number of aromatic nitrogens is 2. The maximum Gasteiger partial charge on any atom is 0.236 e. The maximum absolute atomic E-state index is 12.1. The lowest BCUT2D eigenvalue weighted by atomic mass is 10.2. The van der Waals surface area contributed by atoms with E-state index in [1.54, 1.807) is 23.9 Å². The van der Waals surface area contributed by atoms with Crippen molar-refractivity contribution in [3.63, 3.8) is 0 Å². The monoisotopic (exact) mass is 455 g/mol. The zero-order chi connectivity index (χ0) is 19.1. The van der Waals surface area contributed by atoms with Crippen molar-refractivity contribution in [3.05, 3.63) is 69.7 Å². The van der Waals surface area contributed by atoms with E-state index in [9.17, 15) is 4.79 Å². The van der Waals surface area contributed by atoms with Crippen LogP contribution in [0.2, 0.25) is 10.0 Å². The molecule has 27 heavy (non-hydrogen) atoms. The van der Waals surface area contributed by atoms with Gasteiger partial charge in [-0.25, -0.2) is 0 Å². The number of nitrogens with one attached hydrogen (secondary N) is 1. The van der Waals surface area contributed by atoms with Gasteiger partial charge in [-0.1, -0.05) is 82.7 Å². The lowest BCUT2D eigenvalue weighted by Crippen LogP contribution is -2.14. The highest BCUT2D eigenvalue weighted by molar-refractivity contribution is 8.00. The van der Waals surface area contributed by atoms with Crippen LogP contribution in [0.4, 0.5) is 5.13 Å². The minimum absolute atomic E-state index is 0.110. The maximum atomic E-state index is 12.1. The quantitative estimate of drug-likeness (QED) is 0.332. The highest BCUT2D eigenvalue weighted by Crippen LogP contribution is 2.28. The number of nitrogens with zero attached hydrogens (tertiary/aromatic N) is 2. The van der Waals surface area contributed by atoms with E-state index in [0.29, 0.717) is 26.7 Å². The molecule has 1 N–H and O–H groups in total. The van der Waals surface area contributed by atoms with Crippen LogP contribution >= 0.6 is 58.1 Å². The lowest BCUT2D eigenvalue weighted by molar-refractivity contribution is -0.113. The summed E-state index contributed by atoms with van der Waals surface area (Å²) in [6.07, 6.45) is 0. The molecule has 3 rings (SSSR count). The second-order valence-corrected chi connectivity index (χ2v) is 9.45. The van der Waals surface area contributed by atoms with E-state index in [-0.39, 0.29) is 5.91 Å². The van der Waals surface area contributed by atoms with E-state index in [0.717, 1.165) is 15.7 Å². The van der Waals surface area contributed by atoms with Crippen molar-refractivity contribution in [2.75, 3.05) is 11.1 Å². The average Bonchev–Trinajstić information content (AvgIpc) is 3.10. The Morgan fingerprint density at radius 3 is 2.67 bits per heavy atom. The molecule has 0 saturated carbocycles. The van der Waals surface area contributed by atoms with Gasteiger partial charge in [0.15, 0.2) is 4.34 Å². The van der Waals surface area contributed by atoms with Gasteiger partial charge in [0.05, 0.1) is 5.75 Å². The zero-order valence-electron chi connectivity index (χ0n) is 14.0. The second-order valence-electron chi connectivity index (χ2n) is 5.42. The van der Waals surface area contributed by atoms with Gasteiger partial charge in [-0.15, -0.1) is 22.0 Å². The number of carbonyl (C=O) groups is 1. The predicted octanol–water partition coefficient (Wildman–Crippen LogP) is 6.01. The minimum Gasteiger partial charge on any atom is -0.300 e. The first kappa shape index (κ1) is 20.5. The summed E-state index contributed by atoms with van der Waals surface area (Å²) in [5.74, 6) is 1.66. The number of rotatable bonds is 8. The van der Waals surface area contributed by atoms with Crippen molar-refractivity contribution in [3.8, 4) is 0 Å². The van der Waals surface area contributed by atoms with Crippen molar-refractivity contribution in [2.45, 2.75) is 15.8 Å². The van der Waals surface area contributed by atoms with Crippen molar-refractivity contribution < 1.29 is 4.79 Å². The number of anilines is 1. The molecule has 0 aliphatic carbocycles. The molecule has 9 heteroatoms. The molecule has 0 saturated heterocycles. The van der Waals surface area contributed by atoms with Gasteiger partial charge in [0.25, 0.3) is 0 Å². The normalized spacial score (nSPS) is 10.7. The molecule has 4 nitrogen and oxygen atoms in total. The van der Waals surface area contributed by atoms with Gasteiger partial charge in [-0.05, 0) is 23.3 Å². The van der Waals surface area contributed by atoms with Crippen molar-refractivity contribution in [1.29, 1.82) is 0 Å². The molecule has 0 unspecified atom stereocenters. The fraction of sp³-hybridized carbons (Fsp3) is 0.167. The third-order valence-electron chi connectivity index (χ3n) is 3.36. The van der Waals surface area contributed by atoms with E-state index >= 15 is 0 Å². The van der Waals surface area contributed by atoms with E-state index < -0.39 is 0 Å². The molecule has 0 atom stereocenters. The summed E-state index contributed by atoms with van der Waals surface area (Å²) < 4.78 is 0.828. The molecule has 0 spiro atoms. The number of carbonyl (C=O) groups excluding carboxylic acids is 1. The molecule has 0 aliphatic rings. The van der Waals surface area contributed by atoms with Crippen LogP contribution in [-0.2, 0) is 16.3 Å². The Balaban J connectivity index is 1.42. The third kappa shape index (κ3) is 6.69. The first-order chi connectivity index (χ1) is 13.1. The Kier molecular flexibility index (Phi) is 7.84. The predicted molar refractivity (Wildman–Crippen MR) is 117 cm³/mol. The molecule has 2 aromatic carbocycles. The summed E-state index contributed by atoms with van der Waals surface area (Å²) in [7, 11) is 0. The van der Waals surface area contributed by atoms with Crippen LogP contribution in [0.1, 0.15) is 11.1 Å². The van der Waals surface area contributed by atoms with Crippen molar-refractivity contribution in [1.82, 2.24) is 10.2 Å². The molecule has 0 radical (unpaired) electrons. The highest BCUT2D eigenvalue weighted by atomic mass is 35.5. The average molecular weight is 456 g/mol. The lowest BCUT2D eigenvalue weighted by Gasteiger charge is -2.04. The Labute approximate surface area is 180 Å². The van der Waals surface area contributed by atoms with Crippen molar-refractivity contribution in [2.24, 2.45) is 0 Å². The fourth-order valence-electron chi connectivity index (χ4n) is 2.09. The molecule has 0 aliphatic heterocycles. The topological polar surface area (TPSA) is 54.9 Å². The standard InChI is InChI=1S/C18H15Cl2N3OS3/c19-14-7-6-13(15(20)8-14)10-25-11-16(24)21-17-22-23-18(27-17)26-9-12-4-2-1-3-5-12/h1-8H,9-11H2,(H,21,22,24). The number of amides is 1. The van der Waals surface area contributed by atoms with E-state index in [2.05, 4.69) is 27.6 Å². The summed E-state index contributed by atoms with van der Waals surface area (Å²) in [5.41, 5.74) is 2.18. The van der Waals surface area contributed by atoms with E-state index in [1.807, 2.05) is 24.3 Å². The number of hydrogen-bond acceptors (Lipinski definition) is 6. The first-order valence-electron chi connectivity index (χ1n) is 7.92. The van der Waals surface area contributed by atoms with Crippen LogP contribution in [-0.4, -0.2) is 21.9 Å². The molecule has 1 amide bonds. The van der Waals surface area contributed by atoms with Gasteiger partial charge in [0.2, 0.25) is 11.0 Å². The molecular formula is C18H15Cl2N3OS3. The fourth-order valence-corrected chi connectivity index (χ4v) is 5.20. The van der Waals surface area contributed by atoms with Crippen LogP contribution in [0.25, 0.3) is 0 Å². The summed E-state index contributed by atoms with van der Waals surface area (Å²) in [5, 5.41) is 12.7. The summed E-state index contributed by atoms with van der Waals surface area (Å²) in [6.45, 7) is 0. The van der Waals surface area contributed by atoms with E-state index in [4.69, 9.17) is 23.2 Å². The van der Waals surface area contributed by atoms with Crippen LogP contribution in [0.3, 0.4) is 0 Å². The summed E-state index contributed by atoms with van der Waals surface area (Å²) >= 11 is 16.5. The zero-order valence-corrected chi connectivity index (χ0v) is 18.0. The third-order valence-corrected chi connectivity index (χ3v) is 6.98. The largest absolute Gasteiger partial charge is 0.300 e. The Morgan fingerprint density at radius 1 is 1.07 bits per heavy atom. The van der Waals surface area contributed by atoms with Crippen molar-refractivity contribution >= 4 is 69.1 Å². The van der Waals surface area contributed by atoms with Gasteiger partial charge >= 0.3 is 0 Å². The highest BCUT2D eigenvalue weighted by Gasteiger charge is 2.10. The van der Waals surface area contributed by atoms with Gasteiger partial charge in [0, 0.05) is 21.6 Å². The number of benzene rings is 2. The smallest absolute Gasteiger partial charge is 0.236 e. The van der Waals surface area contributed by atoms with Crippen LogP contribution in [0.15, 0.2) is 52.9 Å². The SMILES string of the molecule is O=C(CSCc1ccc(Cl)cc1Cl)Nc1nnc(SCc2ccccc2)s1. The molecule has 0 bridgehead atoms.